The minimum Gasteiger partial charge on any atom is -0.489 e. The van der Waals surface area contributed by atoms with Crippen LogP contribution in [0.15, 0.2) is 40.9 Å². The van der Waals surface area contributed by atoms with Crippen LogP contribution in [-0.2, 0) is 13.2 Å². The maximum absolute atomic E-state index is 6.24. The summed E-state index contributed by atoms with van der Waals surface area (Å²) in [4.78, 5) is 0. The van der Waals surface area contributed by atoms with Crippen LogP contribution in [0.4, 0.5) is 0 Å². The fourth-order valence-corrected chi connectivity index (χ4v) is 3.99. The quantitative estimate of drug-likeness (QED) is 0.581. The van der Waals surface area contributed by atoms with Gasteiger partial charge in [-0.1, -0.05) is 45.2 Å². The Morgan fingerprint density at radius 1 is 1.08 bits per heavy atom. The van der Waals surface area contributed by atoms with Crippen molar-refractivity contribution in [1.82, 2.24) is 10.6 Å². The zero-order chi connectivity index (χ0) is 18.4. The smallest absolute Gasteiger partial charge is 0.124 e. The van der Waals surface area contributed by atoms with Gasteiger partial charge in [0.15, 0.2) is 0 Å². The van der Waals surface area contributed by atoms with Gasteiger partial charge in [-0.25, -0.2) is 0 Å². The minimum atomic E-state index is 0.416. The van der Waals surface area contributed by atoms with Crippen molar-refractivity contribution in [2.24, 2.45) is 5.92 Å². The molecule has 0 unspecified atom stereocenters. The van der Waals surface area contributed by atoms with E-state index in [0.717, 1.165) is 53.4 Å². The van der Waals surface area contributed by atoms with Gasteiger partial charge in [-0.2, -0.15) is 0 Å². The van der Waals surface area contributed by atoms with Crippen molar-refractivity contribution in [1.29, 1.82) is 0 Å². The zero-order valence-corrected chi connectivity index (χ0v) is 17.6. The molecule has 0 bridgehead atoms. The summed E-state index contributed by atoms with van der Waals surface area (Å²) in [6.45, 7) is 4.49. The van der Waals surface area contributed by atoms with Gasteiger partial charge in [-0.05, 0) is 68.7 Å². The number of rotatable bonds is 7. The zero-order valence-electron chi connectivity index (χ0n) is 14.5. The maximum Gasteiger partial charge on any atom is 0.124 e. The highest BCUT2D eigenvalue weighted by Gasteiger charge is 2.13. The van der Waals surface area contributed by atoms with Crippen molar-refractivity contribution in [2.75, 3.05) is 19.6 Å². The number of hydrogen-bond acceptors (Lipinski definition) is 3. The number of hydrogen-bond donors (Lipinski definition) is 2. The van der Waals surface area contributed by atoms with Crippen molar-refractivity contribution in [3.8, 4) is 5.75 Å². The molecular weight excluding hydrogens is 435 g/mol. The Bertz CT molecular complexity index is 736. The third-order valence-corrected chi connectivity index (χ3v) is 5.71. The first-order valence-electron chi connectivity index (χ1n) is 8.88. The predicted molar refractivity (Wildman–Crippen MR) is 112 cm³/mol. The summed E-state index contributed by atoms with van der Waals surface area (Å²) in [5.74, 6) is 1.62. The molecule has 2 N–H and O–H groups in total. The topological polar surface area (TPSA) is 33.3 Å². The van der Waals surface area contributed by atoms with E-state index >= 15 is 0 Å². The monoisotopic (exact) mass is 456 g/mol. The second-order valence-electron chi connectivity index (χ2n) is 6.60. The molecule has 0 spiro atoms. The Morgan fingerprint density at radius 2 is 1.88 bits per heavy atom. The van der Waals surface area contributed by atoms with E-state index in [4.69, 9.17) is 27.9 Å². The molecule has 1 saturated heterocycles. The van der Waals surface area contributed by atoms with E-state index in [1.165, 1.54) is 12.8 Å². The average molecular weight is 458 g/mol. The lowest BCUT2D eigenvalue weighted by Gasteiger charge is -2.23. The molecule has 0 aromatic heterocycles. The van der Waals surface area contributed by atoms with Gasteiger partial charge in [0.25, 0.3) is 0 Å². The van der Waals surface area contributed by atoms with Crippen LogP contribution in [0.2, 0.25) is 10.0 Å². The standard InChI is InChI=1S/C20H23BrCl2N2O/c21-17-2-4-20(26-13-15-1-3-18(22)10-19(15)23)16(9-17)12-25-11-14-5-7-24-8-6-14/h1-4,9-10,14,24-25H,5-8,11-13H2. The van der Waals surface area contributed by atoms with Crippen LogP contribution in [0.1, 0.15) is 24.0 Å². The van der Waals surface area contributed by atoms with Crippen LogP contribution in [0.25, 0.3) is 0 Å². The highest BCUT2D eigenvalue weighted by Crippen LogP contribution is 2.26. The summed E-state index contributed by atoms with van der Waals surface area (Å²) in [6.07, 6.45) is 2.48. The van der Waals surface area contributed by atoms with Gasteiger partial charge in [0, 0.05) is 32.2 Å². The number of benzene rings is 2. The van der Waals surface area contributed by atoms with Crippen molar-refractivity contribution in [3.05, 3.63) is 62.0 Å². The van der Waals surface area contributed by atoms with E-state index in [1.807, 2.05) is 24.3 Å². The molecule has 0 amide bonds. The van der Waals surface area contributed by atoms with Gasteiger partial charge < -0.3 is 15.4 Å². The van der Waals surface area contributed by atoms with Crippen LogP contribution in [-0.4, -0.2) is 19.6 Å². The summed E-state index contributed by atoms with van der Waals surface area (Å²) in [5.41, 5.74) is 2.06. The van der Waals surface area contributed by atoms with E-state index in [2.05, 4.69) is 32.6 Å². The molecule has 0 atom stereocenters. The molecule has 26 heavy (non-hydrogen) atoms. The summed E-state index contributed by atoms with van der Waals surface area (Å²) in [5, 5.41) is 8.25. The number of nitrogens with one attached hydrogen (secondary N) is 2. The molecule has 1 aliphatic rings. The van der Waals surface area contributed by atoms with Crippen LogP contribution in [0, 0.1) is 5.92 Å². The molecule has 2 aromatic carbocycles. The van der Waals surface area contributed by atoms with Gasteiger partial charge in [0.05, 0.1) is 0 Å². The molecule has 3 nitrogen and oxygen atoms in total. The van der Waals surface area contributed by atoms with Gasteiger partial charge in [0.2, 0.25) is 0 Å². The molecule has 140 valence electrons. The summed E-state index contributed by atoms with van der Waals surface area (Å²) < 4.78 is 7.09. The maximum atomic E-state index is 6.24. The first-order chi connectivity index (χ1) is 12.6. The fourth-order valence-electron chi connectivity index (χ4n) is 3.12. The van der Waals surface area contributed by atoms with Gasteiger partial charge in [0.1, 0.15) is 12.4 Å². The Kier molecular flexibility index (Phi) is 7.64. The molecule has 3 rings (SSSR count). The number of ether oxygens (including phenoxy) is 1. The predicted octanol–water partition coefficient (Wildman–Crippen LogP) is 5.42. The summed E-state index contributed by atoms with van der Waals surface area (Å²) in [7, 11) is 0. The second kappa shape index (κ2) is 9.95. The van der Waals surface area contributed by atoms with Crippen LogP contribution < -0.4 is 15.4 Å². The highest BCUT2D eigenvalue weighted by molar-refractivity contribution is 9.10. The van der Waals surface area contributed by atoms with Gasteiger partial charge in [-0.3, -0.25) is 0 Å². The lowest BCUT2D eigenvalue weighted by Crippen LogP contribution is -2.33. The molecule has 2 aromatic rings. The molecule has 0 radical (unpaired) electrons. The molecule has 0 saturated carbocycles. The summed E-state index contributed by atoms with van der Waals surface area (Å²) in [6, 6.07) is 11.6. The third-order valence-electron chi connectivity index (χ3n) is 4.63. The Labute approximate surface area is 173 Å². The van der Waals surface area contributed by atoms with E-state index in [1.54, 1.807) is 6.07 Å². The summed E-state index contributed by atoms with van der Waals surface area (Å²) >= 11 is 15.7. The Hall–Kier alpha value is -0.780. The average Bonchev–Trinajstić information content (AvgIpc) is 2.63. The van der Waals surface area contributed by atoms with Crippen molar-refractivity contribution >= 4 is 39.1 Å². The second-order valence-corrected chi connectivity index (χ2v) is 8.36. The van der Waals surface area contributed by atoms with Crippen molar-refractivity contribution in [3.63, 3.8) is 0 Å². The van der Waals surface area contributed by atoms with Crippen LogP contribution in [0.3, 0.4) is 0 Å². The Balaban J connectivity index is 1.59. The fraction of sp³-hybridized carbons (Fsp3) is 0.400. The van der Waals surface area contributed by atoms with Gasteiger partial charge >= 0.3 is 0 Å². The normalized spacial score (nSPS) is 15.2. The van der Waals surface area contributed by atoms with Crippen LogP contribution in [0.5, 0.6) is 5.75 Å². The molecule has 1 aliphatic heterocycles. The lowest BCUT2D eigenvalue weighted by molar-refractivity contribution is 0.301. The molecule has 1 heterocycles. The number of halogens is 3. The first kappa shape index (κ1) is 20.0. The van der Waals surface area contributed by atoms with Gasteiger partial charge in [-0.15, -0.1) is 0 Å². The lowest BCUT2D eigenvalue weighted by atomic mass is 9.98. The number of piperidine rings is 1. The van der Waals surface area contributed by atoms with E-state index in [0.29, 0.717) is 16.7 Å². The van der Waals surface area contributed by atoms with Crippen molar-refractivity contribution in [2.45, 2.75) is 26.0 Å². The van der Waals surface area contributed by atoms with E-state index in [9.17, 15) is 0 Å². The molecular formula is C20H23BrCl2N2O. The molecule has 0 aliphatic carbocycles. The molecule has 6 heteroatoms. The van der Waals surface area contributed by atoms with Crippen LogP contribution >= 0.6 is 39.1 Å². The first-order valence-corrected chi connectivity index (χ1v) is 10.4. The third kappa shape index (κ3) is 5.86. The van der Waals surface area contributed by atoms with Crippen molar-refractivity contribution < 1.29 is 4.74 Å². The largest absolute Gasteiger partial charge is 0.489 e. The van der Waals surface area contributed by atoms with E-state index in [-0.39, 0.29) is 0 Å². The SMILES string of the molecule is Clc1ccc(COc2ccc(Br)cc2CNCC2CCNCC2)c(Cl)c1. The minimum absolute atomic E-state index is 0.416. The Morgan fingerprint density at radius 3 is 2.65 bits per heavy atom. The molecule has 1 fully saturated rings. The highest BCUT2D eigenvalue weighted by atomic mass is 79.9. The van der Waals surface area contributed by atoms with E-state index < -0.39 is 0 Å².